The lowest BCUT2D eigenvalue weighted by atomic mass is 9.96. The molecule has 0 amide bonds. The summed E-state index contributed by atoms with van der Waals surface area (Å²) in [5, 5.41) is 9.62. The predicted molar refractivity (Wildman–Crippen MR) is 85.3 cm³/mol. The Morgan fingerprint density at radius 2 is 2.05 bits per heavy atom. The van der Waals surface area contributed by atoms with Gasteiger partial charge in [0.05, 0.1) is 14.7 Å². The summed E-state index contributed by atoms with van der Waals surface area (Å²) < 4.78 is 27.9. The molecule has 21 heavy (non-hydrogen) atoms. The number of carbonyl (C=O) groups is 1. The molecule has 1 aliphatic carbocycles. The Labute approximate surface area is 140 Å². The summed E-state index contributed by atoms with van der Waals surface area (Å²) in [6, 6.07) is 0.792. The fourth-order valence-corrected chi connectivity index (χ4v) is 6.19. The van der Waals surface area contributed by atoms with Crippen LogP contribution in [0.15, 0.2) is 14.1 Å². The largest absolute Gasteiger partial charge is 0.481 e. The fourth-order valence-electron chi connectivity index (χ4n) is 2.46. The first-order valence-electron chi connectivity index (χ1n) is 6.51. The maximum absolute atomic E-state index is 12.4. The van der Waals surface area contributed by atoms with E-state index in [1.165, 1.54) is 6.07 Å². The van der Waals surface area contributed by atoms with Gasteiger partial charge in [-0.2, -0.15) is 0 Å². The third-order valence-corrected chi connectivity index (χ3v) is 7.97. The molecule has 2 rings (SSSR count). The van der Waals surface area contributed by atoms with Gasteiger partial charge in [0.1, 0.15) is 4.21 Å². The summed E-state index contributed by atoms with van der Waals surface area (Å²) in [5.74, 6) is -1.63. The quantitative estimate of drug-likeness (QED) is 0.736. The summed E-state index contributed by atoms with van der Waals surface area (Å²) in [6.07, 6.45) is 3.60. The first kappa shape index (κ1) is 17.2. The second-order valence-corrected chi connectivity index (χ2v) is 9.72. The van der Waals surface area contributed by atoms with Crippen LogP contribution in [0, 0.1) is 5.92 Å². The van der Waals surface area contributed by atoms with Crippen LogP contribution in [0.2, 0.25) is 5.02 Å². The number of carboxylic acids is 1. The van der Waals surface area contributed by atoms with Gasteiger partial charge in [0.2, 0.25) is 10.0 Å². The van der Waals surface area contributed by atoms with Gasteiger partial charge in [-0.05, 0) is 34.8 Å². The summed E-state index contributed by atoms with van der Waals surface area (Å²) in [7, 11) is -3.75. The van der Waals surface area contributed by atoms with E-state index in [9.17, 15) is 18.3 Å². The van der Waals surface area contributed by atoms with Gasteiger partial charge in [0.25, 0.3) is 0 Å². The highest BCUT2D eigenvalue weighted by Crippen LogP contribution is 2.35. The monoisotopic (exact) mass is 415 g/mol. The van der Waals surface area contributed by atoms with Gasteiger partial charge in [-0.3, -0.25) is 4.79 Å². The Bertz CT molecular complexity index is 612. The Balaban J connectivity index is 2.22. The normalized spacial score (nSPS) is 23.7. The molecule has 2 unspecified atom stereocenters. The van der Waals surface area contributed by atoms with Gasteiger partial charge >= 0.3 is 5.97 Å². The zero-order valence-corrected chi connectivity index (χ0v) is 15.0. The van der Waals surface area contributed by atoms with E-state index in [1.807, 2.05) is 0 Å². The van der Waals surface area contributed by atoms with Crippen LogP contribution < -0.4 is 4.72 Å². The van der Waals surface area contributed by atoms with E-state index in [2.05, 4.69) is 20.7 Å². The number of sulfonamides is 1. The van der Waals surface area contributed by atoms with Crippen LogP contribution in [-0.2, 0) is 14.8 Å². The summed E-state index contributed by atoms with van der Waals surface area (Å²) in [6.45, 7) is 0. The average Bonchev–Trinajstić information content (AvgIpc) is 2.62. The molecule has 1 fully saturated rings. The molecule has 2 N–H and O–H groups in total. The molecule has 0 spiro atoms. The van der Waals surface area contributed by atoms with E-state index >= 15 is 0 Å². The van der Waals surface area contributed by atoms with Gasteiger partial charge < -0.3 is 5.11 Å². The minimum Gasteiger partial charge on any atom is -0.481 e. The van der Waals surface area contributed by atoms with Crippen LogP contribution in [0.1, 0.15) is 32.1 Å². The smallest absolute Gasteiger partial charge is 0.308 e. The van der Waals surface area contributed by atoms with Gasteiger partial charge in [-0.1, -0.05) is 30.9 Å². The number of rotatable bonds is 4. The van der Waals surface area contributed by atoms with E-state index in [-0.39, 0.29) is 4.21 Å². The molecular weight excluding hydrogens is 402 g/mol. The zero-order valence-electron chi connectivity index (χ0n) is 11.0. The lowest BCUT2D eigenvalue weighted by Crippen LogP contribution is -2.42. The van der Waals surface area contributed by atoms with Crippen molar-refractivity contribution in [2.45, 2.75) is 42.4 Å². The highest BCUT2D eigenvalue weighted by Gasteiger charge is 2.33. The highest BCUT2D eigenvalue weighted by molar-refractivity contribution is 9.11. The van der Waals surface area contributed by atoms with E-state index in [4.69, 9.17) is 11.6 Å². The maximum atomic E-state index is 12.4. The first-order valence-corrected chi connectivity index (χ1v) is 9.98. The molecule has 0 aliphatic heterocycles. The van der Waals surface area contributed by atoms with Crippen molar-refractivity contribution in [1.82, 2.24) is 4.72 Å². The lowest BCUT2D eigenvalue weighted by Gasteiger charge is -2.22. The minimum atomic E-state index is -3.75. The third kappa shape index (κ3) is 4.19. The Morgan fingerprint density at radius 3 is 2.62 bits per heavy atom. The van der Waals surface area contributed by atoms with Crippen molar-refractivity contribution >= 4 is 54.9 Å². The average molecular weight is 417 g/mol. The van der Waals surface area contributed by atoms with Gasteiger partial charge in [0, 0.05) is 6.04 Å². The zero-order chi connectivity index (χ0) is 15.6. The number of hydrogen-bond donors (Lipinski definition) is 2. The van der Waals surface area contributed by atoms with Crippen molar-refractivity contribution in [3.8, 4) is 0 Å². The molecule has 1 aromatic rings. The van der Waals surface area contributed by atoms with E-state index in [0.29, 0.717) is 21.7 Å². The summed E-state index contributed by atoms with van der Waals surface area (Å²) in [4.78, 5) is 11.3. The van der Waals surface area contributed by atoms with Gasteiger partial charge in [-0.25, -0.2) is 13.1 Å². The molecule has 118 valence electrons. The highest BCUT2D eigenvalue weighted by atomic mass is 79.9. The molecule has 0 bridgehead atoms. The van der Waals surface area contributed by atoms with Crippen LogP contribution in [0.25, 0.3) is 0 Å². The number of thiophene rings is 1. The van der Waals surface area contributed by atoms with Gasteiger partial charge in [-0.15, -0.1) is 11.3 Å². The van der Waals surface area contributed by atoms with Crippen LogP contribution in [0.3, 0.4) is 0 Å². The second-order valence-electron chi connectivity index (χ2n) is 5.00. The van der Waals surface area contributed by atoms with Crippen molar-refractivity contribution in [3.05, 3.63) is 14.9 Å². The number of hydrogen-bond acceptors (Lipinski definition) is 4. The molecule has 0 radical (unpaired) electrons. The van der Waals surface area contributed by atoms with Crippen molar-refractivity contribution in [2.75, 3.05) is 0 Å². The molecule has 2 atom stereocenters. The van der Waals surface area contributed by atoms with E-state index < -0.39 is 28.0 Å². The third-order valence-electron chi connectivity index (χ3n) is 3.53. The maximum Gasteiger partial charge on any atom is 0.308 e. The molecule has 1 saturated carbocycles. The molecule has 1 heterocycles. The number of carboxylic acid groups (broad SMARTS) is 1. The molecule has 9 heteroatoms. The standard InChI is InChI=1S/C12H15BrClNO4S2/c13-11-8(14)6-10(20-11)21(18,19)15-9-5-3-1-2-4-7(9)12(16)17/h6-7,9,15H,1-5H2,(H,16,17). The van der Waals surface area contributed by atoms with Crippen molar-refractivity contribution < 1.29 is 18.3 Å². The SMILES string of the molecule is O=C(O)C1CCCCCC1NS(=O)(=O)c1cc(Cl)c(Br)s1. The topological polar surface area (TPSA) is 83.5 Å². The number of aliphatic carboxylic acids is 1. The molecule has 1 aliphatic rings. The van der Waals surface area contributed by atoms with E-state index in [1.54, 1.807) is 0 Å². The number of halogens is 2. The van der Waals surface area contributed by atoms with Crippen LogP contribution in [0.4, 0.5) is 0 Å². The lowest BCUT2D eigenvalue weighted by molar-refractivity contribution is -0.142. The Hall–Kier alpha value is -0.150. The minimum absolute atomic E-state index is 0.0905. The molecule has 0 saturated heterocycles. The first-order chi connectivity index (χ1) is 9.81. The van der Waals surface area contributed by atoms with Gasteiger partial charge in [0.15, 0.2) is 0 Å². The van der Waals surface area contributed by atoms with E-state index in [0.717, 1.165) is 30.6 Å². The van der Waals surface area contributed by atoms with Crippen molar-refractivity contribution in [2.24, 2.45) is 5.92 Å². The number of nitrogens with one attached hydrogen (secondary N) is 1. The van der Waals surface area contributed by atoms with Crippen molar-refractivity contribution in [1.29, 1.82) is 0 Å². The summed E-state index contributed by atoms with van der Waals surface area (Å²) in [5.41, 5.74) is 0. The molecule has 0 aromatic carbocycles. The predicted octanol–water partition coefficient (Wildman–Crippen LogP) is 3.48. The van der Waals surface area contributed by atoms with Crippen LogP contribution in [-0.4, -0.2) is 25.5 Å². The van der Waals surface area contributed by atoms with Crippen LogP contribution in [0.5, 0.6) is 0 Å². The second kappa shape index (κ2) is 6.95. The fraction of sp³-hybridized carbons (Fsp3) is 0.583. The van der Waals surface area contributed by atoms with Crippen LogP contribution >= 0.6 is 38.9 Å². The molecule has 1 aromatic heterocycles. The Morgan fingerprint density at radius 1 is 1.38 bits per heavy atom. The molecule has 5 nitrogen and oxygen atoms in total. The van der Waals surface area contributed by atoms with Crippen molar-refractivity contribution in [3.63, 3.8) is 0 Å². The molecular formula is C12H15BrClNO4S2. The summed E-state index contributed by atoms with van der Waals surface area (Å²) >= 11 is 10.1. The Kier molecular flexibility index (Phi) is 5.70.